The van der Waals surface area contributed by atoms with Gasteiger partial charge >= 0.3 is 5.97 Å². The average molecular weight is 364 g/mol. The van der Waals surface area contributed by atoms with Gasteiger partial charge in [-0.25, -0.2) is 4.39 Å². The van der Waals surface area contributed by atoms with E-state index in [0.717, 1.165) is 51.5 Å². The summed E-state index contributed by atoms with van der Waals surface area (Å²) in [5.74, 6) is 0.538. The molecule has 1 heterocycles. The highest BCUT2D eigenvalue weighted by molar-refractivity contribution is 5.80. The number of aliphatic imine (C=N–C) groups is 1. The molecule has 26 heavy (non-hydrogen) atoms. The van der Waals surface area contributed by atoms with Crippen LogP contribution >= 0.6 is 0 Å². The van der Waals surface area contributed by atoms with E-state index in [-0.39, 0.29) is 11.8 Å². The fraction of sp³-hybridized carbons (Fsp3) is 0.579. The number of halogens is 1. The van der Waals surface area contributed by atoms with E-state index in [2.05, 4.69) is 24.8 Å². The number of esters is 1. The lowest BCUT2D eigenvalue weighted by Gasteiger charge is -2.37. The Labute approximate surface area is 155 Å². The Morgan fingerprint density at radius 1 is 1.23 bits per heavy atom. The van der Waals surface area contributed by atoms with Crippen LogP contribution in [-0.2, 0) is 9.53 Å². The summed E-state index contributed by atoms with van der Waals surface area (Å²) in [6.45, 7) is 6.62. The highest BCUT2D eigenvalue weighted by Crippen LogP contribution is 2.20. The number of benzene rings is 1. The Balaban J connectivity index is 1.84. The lowest BCUT2D eigenvalue weighted by atomic mass is 10.2. The predicted molar refractivity (Wildman–Crippen MR) is 102 cm³/mol. The Morgan fingerprint density at radius 3 is 2.62 bits per heavy atom. The summed E-state index contributed by atoms with van der Waals surface area (Å²) in [4.78, 5) is 20.1. The van der Waals surface area contributed by atoms with Crippen molar-refractivity contribution in [2.45, 2.75) is 26.2 Å². The molecule has 0 bridgehead atoms. The zero-order valence-electron chi connectivity index (χ0n) is 15.7. The van der Waals surface area contributed by atoms with E-state index in [0.29, 0.717) is 18.7 Å². The van der Waals surface area contributed by atoms with Crippen molar-refractivity contribution in [3.63, 3.8) is 0 Å². The molecule has 1 saturated heterocycles. The minimum Gasteiger partial charge on any atom is -0.469 e. The SMILES string of the molecule is CCNC(=NCCCCC(=O)OC)N1CCN(c2ccccc2F)CC1. The highest BCUT2D eigenvalue weighted by Gasteiger charge is 2.21. The third-order valence-corrected chi connectivity index (χ3v) is 4.39. The summed E-state index contributed by atoms with van der Waals surface area (Å²) >= 11 is 0. The molecule has 1 aliphatic heterocycles. The number of ether oxygens (including phenoxy) is 1. The number of rotatable bonds is 7. The van der Waals surface area contributed by atoms with Crippen LogP contribution in [-0.4, -0.2) is 63.2 Å². The number of para-hydroxylation sites is 1. The van der Waals surface area contributed by atoms with E-state index in [9.17, 15) is 9.18 Å². The van der Waals surface area contributed by atoms with Crippen LogP contribution < -0.4 is 10.2 Å². The summed E-state index contributed by atoms with van der Waals surface area (Å²) in [6, 6.07) is 6.91. The zero-order chi connectivity index (χ0) is 18.8. The van der Waals surface area contributed by atoms with Gasteiger partial charge in [-0.05, 0) is 31.9 Å². The van der Waals surface area contributed by atoms with Gasteiger partial charge in [-0.15, -0.1) is 0 Å². The Kier molecular flexibility index (Phi) is 8.18. The largest absolute Gasteiger partial charge is 0.469 e. The van der Waals surface area contributed by atoms with E-state index >= 15 is 0 Å². The fourth-order valence-corrected chi connectivity index (χ4v) is 2.96. The van der Waals surface area contributed by atoms with Gasteiger partial charge < -0.3 is 19.9 Å². The van der Waals surface area contributed by atoms with Gasteiger partial charge in [0.05, 0.1) is 12.8 Å². The quantitative estimate of drug-likeness (QED) is 0.348. The van der Waals surface area contributed by atoms with Gasteiger partial charge in [0.25, 0.3) is 0 Å². The number of unbranched alkanes of at least 4 members (excludes halogenated alkanes) is 1. The number of carbonyl (C=O) groups excluding carboxylic acids is 1. The zero-order valence-corrected chi connectivity index (χ0v) is 15.7. The van der Waals surface area contributed by atoms with Gasteiger partial charge in [0, 0.05) is 45.7 Å². The van der Waals surface area contributed by atoms with Crippen LogP contribution in [0.15, 0.2) is 29.3 Å². The van der Waals surface area contributed by atoms with Crippen molar-refractivity contribution in [3.05, 3.63) is 30.1 Å². The molecule has 7 heteroatoms. The number of carbonyl (C=O) groups is 1. The molecule has 0 saturated carbocycles. The third-order valence-electron chi connectivity index (χ3n) is 4.39. The van der Waals surface area contributed by atoms with E-state index in [1.165, 1.54) is 13.2 Å². The highest BCUT2D eigenvalue weighted by atomic mass is 19.1. The first kappa shape index (κ1) is 20.0. The first-order valence-electron chi connectivity index (χ1n) is 9.25. The molecule has 1 aromatic rings. The first-order valence-corrected chi connectivity index (χ1v) is 9.25. The summed E-state index contributed by atoms with van der Waals surface area (Å²) in [5, 5.41) is 3.32. The van der Waals surface area contributed by atoms with E-state index in [1.54, 1.807) is 6.07 Å². The van der Waals surface area contributed by atoms with Crippen LogP contribution in [0.4, 0.5) is 10.1 Å². The first-order chi connectivity index (χ1) is 12.7. The molecule has 2 rings (SSSR count). The second kappa shape index (κ2) is 10.6. The molecule has 6 nitrogen and oxygen atoms in total. The predicted octanol–water partition coefficient (Wildman–Crippen LogP) is 2.26. The smallest absolute Gasteiger partial charge is 0.305 e. The van der Waals surface area contributed by atoms with Crippen LogP contribution in [0.2, 0.25) is 0 Å². The van der Waals surface area contributed by atoms with E-state index in [4.69, 9.17) is 0 Å². The number of nitrogens with zero attached hydrogens (tertiary/aromatic N) is 3. The maximum atomic E-state index is 13.9. The number of guanidine groups is 1. The molecule has 1 fully saturated rings. The molecule has 0 unspecified atom stereocenters. The maximum Gasteiger partial charge on any atom is 0.305 e. The topological polar surface area (TPSA) is 57.2 Å². The number of hydrogen-bond donors (Lipinski definition) is 1. The molecule has 0 atom stereocenters. The Hall–Kier alpha value is -2.31. The maximum absolute atomic E-state index is 13.9. The van der Waals surface area contributed by atoms with Gasteiger partial charge in [-0.2, -0.15) is 0 Å². The van der Waals surface area contributed by atoms with E-state index in [1.807, 2.05) is 19.1 Å². The van der Waals surface area contributed by atoms with Crippen molar-refractivity contribution in [2.24, 2.45) is 4.99 Å². The fourth-order valence-electron chi connectivity index (χ4n) is 2.96. The number of hydrogen-bond acceptors (Lipinski definition) is 4. The molecule has 0 aromatic heterocycles. The molecule has 0 aliphatic carbocycles. The summed E-state index contributed by atoms with van der Waals surface area (Å²) in [6.07, 6.45) is 2.06. The molecule has 0 amide bonds. The second-order valence-electron chi connectivity index (χ2n) is 6.19. The Morgan fingerprint density at radius 2 is 1.96 bits per heavy atom. The van der Waals surface area contributed by atoms with Crippen LogP contribution in [0.1, 0.15) is 26.2 Å². The van der Waals surface area contributed by atoms with Crippen LogP contribution in [0.5, 0.6) is 0 Å². The van der Waals surface area contributed by atoms with E-state index < -0.39 is 0 Å². The normalized spacial score (nSPS) is 15.1. The molecular weight excluding hydrogens is 335 g/mol. The second-order valence-corrected chi connectivity index (χ2v) is 6.19. The molecule has 0 spiro atoms. The van der Waals surface area contributed by atoms with Gasteiger partial charge in [0.2, 0.25) is 0 Å². The molecule has 1 aromatic carbocycles. The monoisotopic (exact) mass is 364 g/mol. The van der Waals surface area contributed by atoms with Crippen molar-refractivity contribution in [3.8, 4) is 0 Å². The standard InChI is InChI=1S/C19H29FN4O2/c1-3-21-19(22-11-7-6-10-18(25)26-2)24-14-12-23(13-15-24)17-9-5-4-8-16(17)20/h4-5,8-9H,3,6-7,10-15H2,1-2H3,(H,21,22). The number of anilines is 1. The number of nitrogens with one attached hydrogen (secondary N) is 1. The molecule has 0 radical (unpaired) electrons. The van der Waals surface area contributed by atoms with Crippen LogP contribution in [0.25, 0.3) is 0 Å². The number of piperazine rings is 1. The molecule has 144 valence electrons. The lowest BCUT2D eigenvalue weighted by molar-refractivity contribution is -0.140. The third kappa shape index (κ3) is 5.89. The van der Waals surface area contributed by atoms with Crippen LogP contribution in [0.3, 0.4) is 0 Å². The lowest BCUT2D eigenvalue weighted by Crippen LogP contribution is -2.52. The van der Waals surface area contributed by atoms with Gasteiger partial charge in [-0.3, -0.25) is 9.79 Å². The van der Waals surface area contributed by atoms with Gasteiger partial charge in [0.1, 0.15) is 5.82 Å². The average Bonchev–Trinajstić information content (AvgIpc) is 2.67. The van der Waals surface area contributed by atoms with Crippen molar-refractivity contribution in [1.82, 2.24) is 10.2 Å². The molecule has 1 N–H and O–H groups in total. The minimum absolute atomic E-state index is 0.174. The van der Waals surface area contributed by atoms with Crippen molar-refractivity contribution in [2.75, 3.05) is 51.3 Å². The van der Waals surface area contributed by atoms with Gasteiger partial charge in [0.15, 0.2) is 5.96 Å². The van der Waals surface area contributed by atoms with Gasteiger partial charge in [-0.1, -0.05) is 12.1 Å². The van der Waals surface area contributed by atoms with Crippen molar-refractivity contribution in [1.29, 1.82) is 0 Å². The molecular formula is C19H29FN4O2. The van der Waals surface area contributed by atoms with Crippen molar-refractivity contribution >= 4 is 17.6 Å². The number of methoxy groups -OCH3 is 1. The summed E-state index contributed by atoms with van der Waals surface area (Å²) < 4.78 is 18.6. The Bertz CT molecular complexity index is 601. The molecule has 1 aliphatic rings. The summed E-state index contributed by atoms with van der Waals surface area (Å²) in [7, 11) is 1.41. The van der Waals surface area contributed by atoms with Crippen LogP contribution in [0, 0.1) is 5.82 Å². The minimum atomic E-state index is -0.176. The van der Waals surface area contributed by atoms with Crippen molar-refractivity contribution < 1.29 is 13.9 Å². The summed E-state index contributed by atoms with van der Waals surface area (Å²) in [5.41, 5.74) is 0.664.